The van der Waals surface area contributed by atoms with Crippen molar-refractivity contribution in [3.63, 3.8) is 0 Å². The third kappa shape index (κ3) is 52.6. The molecule has 6 nitrogen and oxygen atoms in total. The monoisotopic (exact) mass is 927 g/mol. The van der Waals surface area contributed by atoms with Gasteiger partial charge in [0, 0.05) is 19.3 Å². The van der Waals surface area contributed by atoms with Gasteiger partial charge in [-0.2, -0.15) is 0 Å². The molecule has 0 amide bonds. The summed E-state index contributed by atoms with van der Waals surface area (Å²) in [5, 5.41) is 0. The minimum Gasteiger partial charge on any atom is -0.462 e. The first-order valence-electron chi connectivity index (χ1n) is 29.0. The number of unbranched alkanes of at least 4 members (excludes halogenated alkanes) is 36. The Morgan fingerprint density at radius 1 is 0.318 bits per heavy atom. The van der Waals surface area contributed by atoms with Crippen LogP contribution in [0, 0.1) is 0 Å². The van der Waals surface area contributed by atoms with Gasteiger partial charge in [-0.1, -0.05) is 276 Å². The summed E-state index contributed by atoms with van der Waals surface area (Å²) in [6, 6.07) is 0. The molecule has 0 aromatic carbocycles. The SMILES string of the molecule is CC/C=C\C/C=C\C/C=C\CCCCCC(=O)OC(COC(=O)CCCCCCCCC)COC(=O)CCCCCCCCCCCCCCCCCCCCCCCCCCCCCC. The number of esters is 3. The number of carbonyl (C=O) groups is 3. The van der Waals surface area contributed by atoms with Gasteiger partial charge in [-0.05, 0) is 51.4 Å². The fourth-order valence-corrected chi connectivity index (χ4v) is 8.58. The Bertz CT molecular complexity index is 1110. The first kappa shape index (κ1) is 63.6. The third-order valence-corrected chi connectivity index (χ3v) is 12.9. The van der Waals surface area contributed by atoms with E-state index in [4.69, 9.17) is 14.2 Å². The second kappa shape index (κ2) is 55.2. The standard InChI is InChI=1S/C60H110O6/c1-4-7-10-13-16-18-20-22-23-24-25-26-27-28-29-30-31-32-33-34-35-36-38-39-41-44-47-50-53-59(62)65-56-57(55-64-58(61)52-49-46-43-15-12-9-6-3)66-60(63)54-51-48-45-42-40-37-21-19-17-14-11-8-5-2/h8,11,17,19,37,40,57H,4-7,9-10,12-16,18,20-36,38-39,41-56H2,1-3H3/b11-8-,19-17-,40-37-. The molecule has 0 aliphatic rings. The fourth-order valence-electron chi connectivity index (χ4n) is 8.58. The Balaban J connectivity index is 4.02. The highest BCUT2D eigenvalue weighted by Crippen LogP contribution is 2.17. The summed E-state index contributed by atoms with van der Waals surface area (Å²) < 4.78 is 16.7. The summed E-state index contributed by atoms with van der Waals surface area (Å²) in [6.07, 6.45) is 66.2. The van der Waals surface area contributed by atoms with Crippen molar-refractivity contribution in [3.8, 4) is 0 Å². The molecule has 0 fully saturated rings. The van der Waals surface area contributed by atoms with E-state index in [2.05, 4.69) is 57.2 Å². The Hall–Kier alpha value is -2.37. The van der Waals surface area contributed by atoms with Crippen LogP contribution in [-0.4, -0.2) is 37.2 Å². The number of hydrogen-bond acceptors (Lipinski definition) is 6. The van der Waals surface area contributed by atoms with Gasteiger partial charge >= 0.3 is 17.9 Å². The molecule has 0 saturated carbocycles. The molecule has 0 aliphatic carbocycles. The fraction of sp³-hybridized carbons (Fsp3) is 0.850. The van der Waals surface area contributed by atoms with Gasteiger partial charge in [-0.25, -0.2) is 0 Å². The average molecular weight is 928 g/mol. The molecule has 0 N–H and O–H groups in total. The minimum atomic E-state index is -0.781. The predicted molar refractivity (Wildman–Crippen MR) is 284 cm³/mol. The smallest absolute Gasteiger partial charge is 0.306 e. The first-order valence-corrected chi connectivity index (χ1v) is 29.0. The van der Waals surface area contributed by atoms with Gasteiger partial charge in [0.05, 0.1) is 0 Å². The van der Waals surface area contributed by atoms with E-state index in [0.717, 1.165) is 83.5 Å². The highest BCUT2D eigenvalue weighted by molar-refractivity contribution is 5.71. The molecule has 6 heteroatoms. The molecule has 0 bridgehead atoms. The summed E-state index contributed by atoms with van der Waals surface area (Å²) in [4.78, 5) is 37.8. The molecule has 1 atom stereocenters. The number of hydrogen-bond donors (Lipinski definition) is 0. The third-order valence-electron chi connectivity index (χ3n) is 12.9. The minimum absolute atomic E-state index is 0.0804. The quantitative estimate of drug-likeness (QED) is 0.0262. The van der Waals surface area contributed by atoms with Crippen LogP contribution in [0.3, 0.4) is 0 Å². The maximum absolute atomic E-state index is 12.7. The van der Waals surface area contributed by atoms with Gasteiger partial charge in [-0.3, -0.25) is 14.4 Å². The van der Waals surface area contributed by atoms with E-state index < -0.39 is 6.10 Å². The Morgan fingerprint density at radius 2 is 0.591 bits per heavy atom. The zero-order valence-electron chi connectivity index (χ0n) is 44.2. The van der Waals surface area contributed by atoms with E-state index >= 15 is 0 Å². The van der Waals surface area contributed by atoms with Crippen LogP contribution in [0.5, 0.6) is 0 Å². The average Bonchev–Trinajstić information content (AvgIpc) is 3.31. The lowest BCUT2D eigenvalue weighted by Gasteiger charge is -2.18. The van der Waals surface area contributed by atoms with Gasteiger partial charge in [0.1, 0.15) is 13.2 Å². The van der Waals surface area contributed by atoms with Crippen molar-refractivity contribution in [2.75, 3.05) is 13.2 Å². The van der Waals surface area contributed by atoms with Gasteiger partial charge in [0.2, 0.25) is 0 Å². The summed E-state index contributed by atoms with van der Waals surface area (Å²) in [5.41, 5.74) is 0. The zero-order valence-corrected chi connectivity index (χ0v) is 44.2. The van der Waals surface area contributed by atoms with Crippen LogP contribution in [0.15, 0.2) is 36.5 Å². The molecule has 0 aliphatic heterocycles. The molecule has 0 heterocycles. The summed E-state index contributed by atoms with van der Waals surface area (Å²) >= 11 is 0. The van der Waals surface area contributed by atoms with E-state index in [0.29, 0.717) is 19.3 Å². The molecule has 1 unspecified atom stereocenters. The highest BCUT2D eigenvalue weighted by Gasteiger charge is 2.19. The normalized spacial score (nSPS) is 12.2. The van der Waals surface area contributed by atoms with Gasteiger partial charge in [-0.15, -0.1) is 0 Å². The molecule has 0 saturated heterocycles. The maximum atomic E-state index is 12.7. The molecular weight excluding hydrogens is 817 g/mol. The van der Waals surface area contributed by atoms with Crippen molar-refractivity contribution in [1.29, 1.82) is 0 Å². The molecule has 0 aromatic rings. The largest absolute Gasteiger partial charge is 0.462 e. The van der Waals surface area contributed by atoms with Crippen molar-refractivity contribution in [1.82, 2.24) is 0 Å². The number of rotatable bonds is 53. The van der Waals surface area contributed by atoms with E-state index in [9.17, 15) is 14.4 Å². The first-order chi connectivity index (χ1) is 32.5. The van der Waals surface area contributed by atoms with E-state index in [1.807, 2.05) is 0 Å². The summed E-state index contributed by atoms with van der Waals surface area (Å²) in [6.45, 7) is 6.49. The van der Waals surface area contributed by atoms with Gasteiger partial charge in [0.15, 0.2) is 6.10 Å². The topological polar surface area (TPSA) is 78.9 Å². The van der Waals surface area contributed by atoms with Crippen LogP contribution in [0.2, 0.25) is 0 Å². The molecular formula is C60H110O6. The van der Waals surface area contributed by atoms with E-state index in [1.165, 1.54) is 186 Å². The summed E-state index contributed by atoms with van der Waals surface area (Å²) in [7, 11) is 0. The van der Waals surface area contributed by atoms with E-state index in [-0.39, 0.29) is 31.1 Å². The van der Waals surface area contributed by atoms with Crippen LogP contribution in [0.4, 0.5) is 0 Å². The van der Waals surface area contributed by atoms with Crippen molar-refractivity contribution >= 4 is 17.9 Å². The Labute approximate surface area is 410 Å². The molecule has 0 spiro atoms. The lowest BCUT2D eigenvalue weighted by atomic mass is 10.0. The predicted octanol–water partition coefficient (Wildman–Crippen LogP) is 19.3. The Morgan fingerprint density at radius 3 is 0.924 bits per heavy atom. The zero-order chi connectivity index (χ0) is 47.9. The molecule has 386 valence electrons. The second-order valence-corrected chi connectivity index (χ2v) is 19.5. The van der Waals surface area contributed by atoms with Crippen molar-refractivity contribution in [2.45, 2.75) is 316 Å². The number of carbonyl (C=O) groups excluding carboxylic acids is 3. The number of ether oxygens (including phenoxy) is 3. The van der Waals surface area contributed by atoms with Crippen molar-refractivity contribution in [3.05, 3.63) is 36.5 Å². The molecule has 0 rings (SSSR count). The van der Waals surface area contributed by atoms with Crippen LogP contribution in [0.1, 0.15) is 310 Å². The highest BCUT2D eigenvalue weighted by atomic mass is 16.6. The van der Waals surface area contributed by atoms with Crippen LogP contribution < -0.4 is 0 Å². The van der Waals surface area contributed by atoms with E-state index in [1.54, 1.807) is 0 Å². The Kier molecular flexibility index (Phi) is 53.2. The van der Waals surface area contributed by atoms with Crippen molar-refractivity contribution in [2.24, 2.45) is 0 Å². The molecule has 0 radical (unpaired) electrons. The van der Waals surface area contributed by atoms with Crippen LogP contribution in [0.25, 0.3) is 0 Å². The molecule has 0 aromatic heterocycles. The summed E-state index contributed by atoms with van der Waals surface area (Å²) in [5.74, 6) is -0.904. The van der Waals surface area contributed by atoms with Crippen LogP contribution in [-0.2, 0) is 28.6 Å². The second-order valence-electron chi connectivity index (χ2n) is 19.5. The lowest BCUT2D eigenvalue weighted by molar-refractivity contribution is -0.167. The maximum Gasteiger partial charge on any atom is 0.306 e. The number of allylic oxidation sites excluding steroid dienone is 6. The molecule has 66 heavy (non-hydrogen) atoms. The lowest BCUT2D eigenvalue weighted by Crippen LogP contribution is -2.30. The van der Waals surface area contributed by atoms with Crippen molar-refractivity contribution < 1.29 is 28.6 Å². The van der Waals surface area contributed by atoms with Gasteiger partial charge in [0.25, 0.3) is 0 Å². The van der Waals surface area contributed by atoms with Gasteiger partial charge < -0.3 is 14.2 Å². The van der Waals surface area contributed by atoms with Crippen LogP contribution >= 0.6 is 0 Å².